The molecule has 0 radical (unpaired) electrons. The summed E-state index contributed by atoms with van der Waals surface area (Å²) in [6.45, 7) is 3.74. The zero-order valence-electron chi connectivity index (χ0n) is 9.33. The van der Waals surface area contributed by atoms with Crippen molar-refractivity contribution >= 4 is 23.2 Å². The molecule has 0 saturated carbocycles. The number of phenolic OH excluding ortho intramolecular Hbond substituents is 1. The van der Waals surface area contributed by atoms with Crippen LogP contribution >= 0.6 is 23.2 Å². The van der Waals surface area contributed by atoms with E-state index < -0.39 is 0 Å². The van der Waals surface area contributed by atoms with Gasteiger partial charge in [0.25, 0.3) is 0 Å². The van der Waals surface area contributed by atoms with Crippen LogP contribution in [0.25, 0.3) is 11.4 Å². The molecule has 3 nitrogen and oxygen atoms in total. The van der Waals surface area contributed by atoms with E-state index in [0.717, 1.165) is 16.8 Å². The number of halogens is 2. The maximum atomic E-state index is 9.35. The van der Waals surface area contributed by atoms with Gasteiger partial charge in [0, 0.05) is 16.8 Å². The molecule has 0 amide bonds. The number of aryl methyl sites for hydroxylation is 1. The fourth-order valence-electron chi connectivity index (χ4n) is 1.37. The molecule has 0 bridgehead atoms. The molecule has 5 heteroatoms. The predicted molar refractivity (Wildman–Crippen MR) is 68.6 cm³/mol. The van der Waals surface area contributed by atoms with Crippen LogP contribution in [0.4, 0.5) is 0 Å². The van der Waals surface area contributed by atoms with Crippen LogP contribution in [-0.4, -0.2) is 15.1 Å². The van der Waals surface area contributed by atoms with Crippen LogP contribution in [0.5, 0.6) is 5.75 Å². The molecule has 0 fully saturated rings. The highest BCUT2D eigenvalue weighted by Crippen LogP contribution is 2.29. The van der Waals surface area contributed by atoms with Gasteiger partial charge in [-0.1, -0.05) is 23.2 Å². The number of aromatic hydroxyl groups is 1. The minimum absolute atomic E-state index is 0.0327. The quantitative estimate of drug-likeness (QED) is 0.801. The first kappa shape index (κ1) is 12.1. The Balaban J connectivity index is 2.57. The van der Waals surface area contributed by atoms with Gasteiger partial charge in [0.1, 0.15) is 10.9 Å². The van der Waals surface area contributed by atoms with E-state index in [2.05, 4.69) is 9.97 Å². The highest BCUT2D eigenvalue weighted by molar-refractivity contribution is 6.32. The van der Waals surface area contributed by atoms with E-state index in [1.807, 2.05) is 13.8 Å². The third-order valence-corrected chi connectivity index (χ3v) is 3.21. The first-order chi connectivity index (χ1) is 7.99. The van der Waals surface area contributed by atoms with Crippen LogP contribution in [-0.2, 0) is 0 Å². The summed E-state index contributed by atoms with van der Waals surface area (Å²) >= 11 is 11.8. The molecule has 0 aliphatic heterocycles. The van der Waals surface area contributed by atoms with Gasteiger partial charge in [0.2, 0.25) is 0 Å². The van der Waals surface area contributed by atoms with Gasteiger partial charge in [-0.25, -0.2) is 9.97 Å². The highest BCUT2D eigenvalue weighted by atomic mass is 35.5. The predicted octanol–water partition coefficient (Wildman–Crippen LogP) is 3.77. The van der Waals surface area contributed by atoms with Crippen molar-refractivity contribution in [2.24, 2.45) is 0 Å². The summed E-state index contributed by atoms with van der Waals surface area (Å²) in [7, 11) is 0. The number of benzene rings is 1. The molecule has 0 aliphatic carbocycles. The molecule has 0 aliphatic rings. The number of aromatic nitrogens is 2. The van der Waals surface area contributed by atoms with Crippen molar-refractivity contribution in [3.63, 3.8) is 0 Å². The van der Waals surface area contributed by atoms with Crippen LogP contribution < -0.4 is 0 Å². The zero-order valence-corrected chi connectivity index (χ0v) is 10.8. The van der Waals surface area contributed by atoms with Gasteiger partial charge in [-0.3, -0.25) is 0 Å². The van der Waals surface area contributed by atoms with Gasteiger partial charge in [-0.05, 0) is 32.0 Å². The van der Waals surface area contributed by atoms with Crippen LogP contribution in [0.15, 0.2) is 18.2 Å². The lowest BCUT2D eigenvalue weighted by Gasteiger charge is -2.06. The number of rotatable bonds is 1. The van der Waals surface area contributed by atoms with Gasteiger partial charge in [-0.15, -0.1) is 0 Å². The Morgan fingerprint density at radius 3 is 2.41 bits per heavy atom. The molecule has 2 rings (SSSR count). The van der Waals surface area contributed by atoms with Crippen molar-refractivity contribution in [1.29, 1.82) is 0 Å². The van der Waals surface area contributed by atoms with E-state index in [-0.39, 0.29) is 10.8 Å². The van der Waals surface area contributed by atoms with Crippen molar-refractivity contribution in [2.75, 3.05) is 0 Å². The van der Waals surface area contributed by atoms with E-state index in [1.54, 1.807) is 12.1 Å². The summed E-state index contributed by atoms with van der Waals surface area (Å²) in [6, 6.07) is 4.81. The molecule has 1 aromatic heterocycles. The molecule has 0 unspecified atom stereocenters. The smallest absolute Gasteiger partial charge is 0.161 e. The second-order valence-corrected chi connectivity index (χ2v) is 4.48. The van der Waals surface area contributed by atoms with Gasteiger partial charge in [0.05, 0.1) is 5.02 Å². The fraction of sp³-hybridized carbons (Fsp3) is 0.167. The maximum absolute atomic E-state index is 9.35. The second kappa shape index (κ2) is 4.51. The molecule has 2 aromatic rings. The average molecular weight is 269 g/mol. The zero-order chi connectivity index (χ0) is 12.6. The van der Waals surface area contributed by atoms with Crippen molar-refractivity contribution in [3.05, 3.63) is 39.6 Å². The summed E-state index contributed by atoms with van der Waals surface area (Å²) in [4.78, 5) is 8.53. The van der Waals surface area contributed by atoms with Gasteiger partial charge < -0.3 is 5.11 Å². The molecular formula is C12H10Cl2N2O. The molecule has 1 heterocycles. The van der Waals surface area contributed by atoms with Crippen LogP contribution in [0.1, 0.15) is 11.3 Å². The average Bonchev–Trinajstić information content (AvgIpc) is 2.29. The van der Waals surface area contributed by atoms with Crippen molar-refractivity contribution in [3.8, 4) is 17.1 Å². The molecule has 17 heavy (non-hydrogen) atoms. The summed E-state index contributed by atoms with van der Waals surface area (Å²) in [5, 5.41) is 10.0. The van der Waals surface area contributed by atoms with E-state index in [1.165, 1.54) is 6.07 Å². The Labute approximate surface area is 109 Å². The standard InChI is InChI=1S/C12H10Cl2N2O/c1-6-7(2)15-12(16-11(6)14)8-3-4-10(17)9(13)5-8/h3-5,17H,1-2H3. The fourth-order valence-corrected chi connectivity index (χ4v) is 1.77. The lowest BCUT2D eigenvalue weighted by molar-refractivity contribution is 0.475. The van der Waals surface area contributed by atoms with E-state index in [0.29, 0.717) is 11.0 Å². The number of phenols is 1. The summed E-state index contributed by atoms with van der Waals surface area (Å²) in [5.41, 5.74) is 2.40. The number of nitrogens with zero attached hydrogens (tertiary/aromatic N) is 2. The van der Waals surface area contributed by atoms with Gasteiger partial charge in [0.15, 0.2) is 5.82 Å². The molecule has 0 spiro atoms. The maximum Gasteiger partial charge on any atom is 0.161 e. The van der Waals surface area contributed by atoms with Gasteiger partial charge >= 0.3 is 0 Å². The summed E-state index contributed by atoms with van der Waals surface area (Å²) < 4.78 is 0. The van der Waals surface area contributed by atoms with E-state index >= 15 is 0 Å². The number of hydrogen-bond donors (Lipinski definition) is 1. The highest BCUT2D eigenvalue weighted by Gasteiger charge is 2.09. The lowest BCUT2D eigenvalue weighted by Crippen LogP contribution is -1.96. The van der Waals surface area contributed by atoms with Crippen LogP contribution in [0, 0.1) is 13.8 Å². The Bertz CT molecular complexity index is 562. The van der Waals surface area contributed by atoms with Crippen LogP contribution in [0.3, 0.4) is 0 Å². The Morgan fingerprint density at radius 2 is 1.82 bits per heavy atom. The van der Waals surface area contributed by atoms with Gasteiger partial charge in [-0.2, -0.15) is 0 Å². The Morgan fingerprint density at radius 1 is 1.12 bits per heavy atom. The minimum Gasteiger partial charge on any atom is -0.506 e. The van der Waals surface area contributed by atoms with Crippen molar-refractivity contribution in [1.82, 2.24) is 9.97 Å². The van der Waals surface area contributed by atoms with E-state index in [9.17, 15) is 5.11 Å². The molecule has 0 saturated heterocycles. The molecule has 88 valence electrons. The summed E-state index contributed by atoms with van der Waals surface area (Å²) in [5.74, 6) is 0.533. The minimum atomic E-state index is 0.0327. The Hall–Kier alpha value is -1.32. The Kier molecular flexibility index (Phi) is 3.22. The van der Waals surface area contributed by atoms with Crippen molar-refractivity contribution in [2.45, 2.75) is 13.8 Å². The SMILES string of the molecule is Cc1nc(-c2ccc(O)c(Cl)c2)nc(Cl)c1C. The molecular weight excluding hydrogens is 259 g/mol. The second-order valence-electron chi connectivity index (χ2n) is 3.71. The van der Waals surface area contributed by atoms with Crippen LogP contribution in [0.2, 0.25) is 10.2 Å². The monoisotopic (exact) mass is 268 g/mol. The molecule has 1 aromatic carbocycles. The van der Waals surface area contributed by atoms with Crippen molar-refractivity contribution < 1.29 is 5.11 Å². The largest absolute Gasteiger partial charge is 0.506 e. The third kappa shape index (κ3) is 2.35. The lowest BCUT2D eigenvalue weighted by atomic mass is 10.2. The summed E-state index contributed by atoms with van der Waals surface area (Å²) in [6.07, 6.45) is 0. The first-order valence-electron chi connectivity index (χ1n) is 4.98. The van der Waals surface area contributed by atoms with E-state index in [4.69, 9.17) is 23.2 Å². The third-order valence-electron chi connectivity index (χ3n) is 2.54. The number of hydrogen-bond acceptors (Lipinski definition) is 3. The topological polar surface area (TPSA) is 46.0 Å². The first-order valence-corrected chi connectivity index (χ1v) is 5.74. The molecule has 1 N–H and O–H groups in total. The molecule has 0 atom stereocenters. The normalized spacial score (nSPS) is 10.6.